The number of likely N-dealkylation sites (tertiary alicyclic amines) is 1. The van der Waals surface area contributed by atoms with Crippen LogP contribution in [0.15, 0.2) is 12.1 Å². The number of nitrogens with one attached hydrogen (secondary N) is 2. The van der Waals surface area contributed by atoms with Crippen LogP contribution in [-0.4, -0.2) is 54.7 Å². The maximum Gasteiger partial charge on any atom is 0.422 e. The molecule has 6 rings (SSSR count). The van der Waals surface area contributed by atoms with Crippen LogP contribution in [0.2, 0.25) is 0 Å². The fraction of sp³-hybridized carbons (Fsp3) is 0.750. The number of hydrogen-bond donors (Lipinski definition) is 2. The van der Waals surface area contributed by atoms with Gasteiger partial charge in [0.05, 0.1) is 18.5 Å². The zero-order valence-electron chi connectivity index (χ0n) is 19.3. The van der Waals surface area contributed by atoms with E-state index >= 15 is 0 Å². The van der Waals surface area contributed by atoms with Crippen LogP contribution >= 0.6 is 11.3 Å². The number of halogens is 3. The van der Waals surface area contributed by atoms with Gasteiger partial charge in [-0.05, 0) is 81.9 Å². The van der Waals surface area contributed by atoms with Gasteiger partial charge in [-0.3, -0.25) is 14.5 Å². The van der Waals surface area contributed by atoms with E-state index in [-0.39, 0.29) is 34.4 Å². The van der Waals surface area contributed by atoms with Crippen LogP contribution < -0.4 is 15.4 Å². The molecule has 1 aromatic heterocycles. The highest BCUT2D eigenvalue weighted by atomic mass is 32.1. The number of thiophene rings is 1. The topological polar surface area (TPSA) is 70.7 Å². The molecule has 5 fully saturated rings. The van der Waals surface area contributed by atoms with E-state index in [0.717, 1.165) is 53.2 Å². The predicted molar refractivity (Wildman–Crippen MR) is 121 cm³/mol. The Morgan fingerprint density at radius 3 is 2.65 bits per heavy atom. The molecule has 0 spiro atoms. The van der Waals surface area contributed by atoms with Gasteiger partial charge in [-0.2, -0.15) is 13.2 Å². The third-order valence-corrected chi connectivity index (χ3v) is 9.29. The number of alkyl halides is 3. The SMILES string of the molecule is C[C@@H](NC(=O)[C@@H]1CCN(CC(=O)NC23CC4CC(C2)C(C4)C3)C1)c1ccc(OCC(F)(F)F)s1. The molecule has 2 heterocycles. The lowest BCUT2D eigenvalue weighted by atomic mass is 9.76. The van der Waals surface area contributed by atoms with Crippen molar-refractivity contribution in [1.29, 1.82) is 0 Å². The van der Waals surface area contributed by atoms with Crippen molar-refractivity contribution in [2.24, 2.45) is 23.7 Å². The molecule has 10 heteroatoms. The number of carbonyl (C=O) groups is 2. The molecule has 1 saturated heterocycles. The Morgan fingerprint density at radius 1 is 1.24 bits per heavy atom. The first-order valence-electron chi connectivity index (χ1n) is 12.2. The van der Waals surface area contributed by atoms with Crippen molar-refractivity contribution >= 4 is 23.2 Å². The zero-order valence-corrected chi connectivity index (χ0v) is 20.1. The summed E-state index contributed by atoms with van der Waals surface area (Å²) in [4.78, 5) is 28.3. The fourth-order valence-electron chi connectivity index (χ4n) is 6.89. The molecule has 2 N–H and O–H groups in total. The third kappa shape index (κ3) is 5.22. The van der Waals surface area contributed by atoms with Crippen LogP contribution in [0.25, 0.3) is 0 Å². The molecule has 0 radical (unpaired) electrons. The molecule has 1 aliphatic heterocycles. The summed E-state index contributed by atoms with van der Waals surface area (Å²) >= 11 is 1.10. The first-order chi connectivity index (χ1) is 16.1. The minimum absolute atomic E-state index is 0.0168. The Balaban J connectivity index is 1.06. The maximum absolute atomic E-state index is 12.8. The molecule has 4 atom stereocenters. The van der Waals surface area contributed by atoms with Crippen molar-refractivity contribution in [3.05, 3.63) is 17.0 Å². The number of ether oxygens (including phenoxy) is 1. The standard InChI is InChI=1S/C24H32F3N3O3S/c1-14(19-2-3-21(34-19)33-13-24(25,26)27)28-22(32)16-4-5-30(11-16)12-20(31)29-23-8-15-6-17(9-23)18(7-15)10-23/h2-3,14-18H,4-13H2,1H3,(H,28,32)(H,29,31)/t14-,15?,16-,17?,18?,23?/m1/s1. The van der Waals surface area contributed by atoms with Gasteiger partial charge in [-0.15, -0.1) is 11.3 Å². The summed E-state index contributed by atoms with van der Waals surface area (Å²) in [6.45, 7) is 2.04. The molecule has 2 amide bonds. The highest BCUT2D eigenvalue weighted by Crippen LogP contribution is 2.59. The number of rotatable bonds is 8. The van der Waals surface area contributed by atoms with Crippen molar-refractivity contribution in [1.82, 2.24) is 15.5 Å². The second-order valence-electron chi connectivity index (χ2n) is 10.8. The molecule has 5 aliphatic rings. The van der Waals surface area contributed by atoms with E-state index < -0.39 is 12.8 Å². The minimum atomic E-state index is -4.38. The van der Waals surface area contributed by atoms with E-state index in [2.05, 4.69) is 10.6 Å². The molecule has 34 heavy (non-hydrogen) atoms. The molecule has 188 valence electrons. The normalized spacial score (nSPS) is 33.3. The summed E-state index contributed by atoms with van der Waals surface area (Å²) in [7, 11) is 0. The third-order valence-electron chi connectivity index (χ3n) is 8.10. The Kier molecular flexibility index (Phi) is 6.33. The summed E-state index contributed by atoms with van der Waals surface area (Å²) in [5, 5.41) is 6.51. The Bertz CT molecular complexity index is 917. The smallest absolute Gasteiger partial charge is 0.422 e. The van der Waals surface area contributed by atoms with E-state index in [0.29, 0.717) is 26.1 Å². The van der Waals surface area contributed by atoms with Gasteiger partial charge >= 0.3 is 6.18 Å². The number of nitrogens with zero attached hydrogens (tertiary/aromatic N) is 1. The van der Waals surface area contributed by atoms with E-state index in [4.69, 9.17) is 4.74 Å². The van der Waals surface area contributed by atoms with Crippen LogP contribution in [0.3, 0.4) is 0 Å². The molecule has 0 aromatic carbocycles. The van der Waals surface area contributed by atoms with Crippen LogP contribution in [0.4, 0.5) is 13.2 Å². The molecule has 4 bridgehead atoms. The molecule has 4 saturated carbocycles. The molecule has 1 aromatic rings. The van der Waals surface area contributed by atoms with Gasteiger partial charge in [-0.1, -0.05) is 0 Å². The van der Waals surface area contributed by atoms with Gasteiger partial charge in [0.1, 0.15) is 0 Å². The van der Waals surface area contributed by atoms with Crippen LogP contribution in [0.5, 0.6) is 5.06 Å². The second-order valence-corrected chi connectivity index (χ2v) is 11.9. The Labute approximate surface area is 201 Å². The van der Waals surface area contributed by atoms with E-state index in [9.17, 15) is 22.8 Å². The minimum Gasteiger partial charge on any atom is -0.475 e. The summed E-state index contributed by atoms with van der Waals surface area (Å²) in [5.74, 6) is 2.17. The predicted octanol–water partition coefficient (Wildman–Crippen LogP) is 3.88. The lowest BCUT2D eigenvalue weighted by Crippen LogP contribution is -2.52. The number of amides is 2. The Morgan fingerprint density at radius 2 is 1.97 bits per heavy atom. The van der Waals surface area contributed by atoms with Gasteiger partial charge < -0.3 is 15.4 Å². The second kappa shape index (κ2) is 9.00. The van der Waals surface area contributed by atoms with Crippen molar-refractivity contribution in [2.45, 2.75) is 63.2 Å². The average molecular weight is 500 g/mol. The van der Waals surface area contributed by atoms with E-state index in [1.165, 1.54) is 18.9 Å². The highest BCUT2D eigenvalue weighted by molar-refractivity contribution is 7.13. The van der Waals surface area contributed by atoms with Gasteiger partial charge in [0.2, 0.25) is 11.8 Å². The van der Waals surface area contributed by atoms with E-state index in [1.54, 1.807) is 13.0 Å². The Hall–Kier alpha value is -1.81. The highest BCUT2D eigenvalue weighted by Gasteiger charge is 2.56. The summed E-state index contributed by atoms with van der Waals surface area (Å²) < 4.78 is 41.8. The van der Waals surface area contributed by atoms with Crippen molar-refractivity contribution in [3.8, 4) is 5.06 Å². The van der Waals surface area contributed by atoms with Crippen molar-refractivity contribution in [3.63, 3.8) is 0 Å². The van der Waals surface area contributed by atoms with Crippen LogP contribution in [-0.2, 0) is 9.59 Å². The first-order valence-corrected chi connectivity index (χ1v) is 13.0. The molecule has 2 unspecified atom stereocenters. The van der Waals surface area contributed by atoms with Crippen molar-refractivity contribution in [2.75, 3.05) is 26.2 Å². The number of carbonyl (C=O) groups excluding carboxylic acids is 2. The number of hydrogen-bond acceptors (Lipinski definition) is 5. The monoisotopic (exact) mass is 499 g/mol. The van der Waals surface area contributed by atoms with Gasteiger partial charge in [0.25, 0.3) is 0 Å². The quantitative estimate of drug-likeness (QED) is 0.570. The van der Waals surface area contributed by atoms with Gasteiger partial charge in [0, 0.05) is 17.0 Å². The first kappa shape index (κ1) is 23.9. The lowest BCUT2D eigenvalue weighted by Gasteiger charge is -2.39. The molecule has 4 aliphatic carbocycles. The largest absolute Gasteiger partial charge is 0.475 e. The van der Waals surface area contributed by atoms with Gasteiger partial charge in [-0.25, -0.2) is 0 Å². The zero-order chi connectivity index (χ0) is 24.1. The fourth-order valence-corrected chi connectivity index (χ4v) is 7.75. The van der Waals surface area contributed by atoms with Gasteiger partial charge in [0.15, 0.2) is 11.7 Å². The average Bonchev–Trinajstić information content (AvgIpc) is 3.49. The lowest BCUT2D eigenvalue weighted by molar-refractivity contribution is -0.152. The summed E-state index contributed by atoms with van der Waals surface area (Å²) in [6, 6.07) is 2.84. The summed E-state index contributed by atoms with van der Waals surface area (Å²) in [6.07, 6.45) is 2.39. The van der Waals surface area contributed by atoms with E-state index in [1.807, 2.05) is 4.90 Å². The molecular formula is C24H32F3N3O3S. The van der Waals surface area contributed by atoms with Crippen LogP contribution in [0, 0.1) is 23.7 Å². The molecule has 6 nitrogen and oxygen atoms in total. The van der Waals surface area contributed by atoms with Crippen molar-refractivity contribution < 1.29 is 27.5 Å². The molecular weight excluding hydrogens is 467 g/mol. The van der Waals surface area contributed by atoms with Crippen LogP contribution in [0.1, 0.15) is 56.4 Å². The summed E-state index contributed by atoms with van der Waals surface area (Å²) in [5.41, 5.74) is 0.0168. The maximum atomic E-state index is 12.8.